The lowest BCUT2D eigenvalue weighted by molar-refractivity contribution is -0.120. The van der Waals surface area contributed by atoms with Gasteiger partial charge in [-0.2, -0.15) is 11.8 Å². The first kappa shape index (κ1) is 18.8. The molecule has 2 N–H and O–H groups in total. The van der Waals surface area contributed by atoms with Gasteiger partial charge in [0.15, 0.2) is 0 Å². The Balaban J connectivity index is 3.04. The number of carbonyl (C=O) groups excluding carboxylic acids is 1. The SMILES string of the molecule is CCCCCCCCCCSCCC(=O)NCCO. The molecule has 3 nitrogen and oxygen atoms in total. The molecular weight excluding hydrogens is 258 g/mol. The molecule has 0 fully saturated rings. The summed E-state index contributed by atoms with van der Waals surface area (Å²) in [4.78, 5) is 11.2. The third-order valence-electron chi connectivity index (χ3n) is 3.05. The van der Waals surface area contributed by atoms with Gasteiger partial charge in [-0.3, -0.25) is 4.79 Å². The summed E-state index contributed by atoms with van der Waals surface area (Å²) >= 11 is 1.86. The number of hydrogen-bond acceptors (Lipinski definition) is 3. The number of rotatable bonds is 14. The Hall–Kier alpha value is -0.220. The molecular formula is C15H31NO2S. The summed E-state index contributed by atoms with van der Waals surface area (Å²) in [5, 5.41) is 11.2. The molecule has 0 radical (unpaired) electrons. The molecule has 0 aliphatic heterocycles. The maximum atomic E-state index is 11.2. The lowest BCUT2D eigenvalue weighted by atomic mass is 10.1. The number of unbranched alkanes of at least 4 members (excludes halogenated alkanes) is 7. The standard InChI is InChI=1S/C15H31NO2S/c1-2-3-4-5-6-7-8-9-13-19-14-10-15(18)16-11-12-17/h17H,2-14H2,1H3,(H,16,18). The predicted molar refractivity (Wildman–Crippen MR) is 84.6 cm³/mol. The second-order valence-corrected chi connectivity index (χ2v) is 6.14. The molecule has 0 saturated carbocycles. The smallest absolute Gasteiger partial charge is 0.220 e. The Morgan fingerprint density at radius 2 is 1.63 bits per heavy atom. The Bertz CT molecular complexity index is 201. The molecule has 0 bridgehead atoms. The van der Waals surface area contributed by atoms with Crippen molar-refractivity contribution in [3.8, 4) is 0 Å². The van der Waals surface area contributed by atoms with Crippen molar-refractivity contribution in [1.29, 1.82) is 0 Å². The second-order valence-electron chi connectivity index (χ2n) is 4.91. The molecule has 0 rings (SSSR count). The van der Waals surface area contributed by atoms with Crippen LogP contribution in [0.25, 0.3) is 0 Å². The van der Waals surface area contributed by atoms with Crippen LogP contribution >= 0.6 is 11.8 Å². The predicted octanol–water partition coefficient (Wildman–Crippen LogP) is 3.36. The molecule has 0 aliphatic carbocycles. The van der Waals surface area contributed by atoms with Gasteiger partial charge in [-0.1, -0.05) is 51.9 Å². The van der Waals surface area contributed by atoms with E-state index < -0.39 is 0 Å². The van der Waals surface area contributed by atoms with E-state index in [1.165, 1.54) is 57.1 Å². The third kappa shape index (κ3) is 15.7. The van der Waals surface area contributed by atoms with Gasteiger partial charge in [-0.25, -0.2) is 0 Å². The van der Waals surface area contributed by atoms with Crippen LogP contribution in [0, 0.1) is 0 Å². The van der Waals surface area contributed by atoms with E-state index >= 15 is 0 Å². The number of aliphatic hydroxyl groups is 1. The minimum atomic E-state index is 0.0249. The Morgan fingerprint density at radius 1 is 1.00 bits per heavy atom. The first-order valence-electron chi connectivity index (χ1n) is 7.76. The minimum Gasteiger partial charge on any atom is -0.395 e. The van der Waals surface area contributed by atoms with E-state index in [1.807, 2.05) is 11.8 Å². The zero-order valence-electron chi connectivity index (χ0n) is 12.5. The van der Waals surface area contributed by atoms with Crippen molar-refractivity contribution in [2.45, 2.75) is 64.7 Å². The molecule has 0 spiro atoms. The Morgan fingerprint density at radius 3 is 2.26 bits per heavy atom. The summed E-state index contributed by atoms with van der Waals surface area (Å²) in [6, 6.07) is 0. The van der Waals surface area contributed by atoms with Gasteiger partial charge in [-0.15, -0.1) is 0 Å². The number of amides is 1. The van der Waals surface area contributed by atoms with Crippen molar-refractivity contribution in [1.82, 2.24) is 5.32 Å². The zero-order valence-corrected chi connectivity index (χ0v) is 13.3. The largest absolute Gasteiger partial charge is 0.395 e. The molecule has 0 saturated heterocycles. The van der Waals surface area contributed by atoms with Crippen LogP contribution in [0.4, 0.5) is 0 Å². The number of carbonyl (C=O) groups is 1. The summed E-state index contributed by atoms with van der Waals surface area (Å²) in [5.41, 5.74) is 0. The fourth-order valence-corrected chi connectivity index (χ4v) is 2.83. The fourth-order valence-electron chi connectivity index (χ4n) is 1.89. The van der Waals surface area contributed by atoms with Gasteiger partial charge in [0.05, 0.1) is 6.61 Å². The van der Waals surface area contributed by atoms with E-state index in [0.29, 0.717) is 13.0 Å². The van der Waals surface area contributed by atoms with E-state index in [9.17, 15) is 4.79 Å². The van der Waals surface area contributed by atoms with Crippen LogP contribution in [0.1, 0.15) is 64.7 Å². The first-order chi connectivity index (χ1) is 9.31. The molecule has 4 heteroatoms. The molecule has 0 aromatic carbocycles. The van der Waals surface area contributed by atoms with Gasteiger partial charge in [0.1, 0.15) is 0 Å². The molecule has 1 amide bonds. The lowest BCUT2D eigenvalue weighted by Crippen LogP contribution is -2.26. The normalized spacial score (nSPS) is 10.6. The van der Waals surface area contributed by atoms with Gasteiger partial charge in [0.2, 0.25) is 5.91 Å². The number of nitrogens with one attached hydrogen (secondary N) is 1. The molecule has 0 aliphatic rings. The molecule has 0 unspecified atom stereocenters. The number of aliphatic hydroxyl groups excluding tert-OH is 1. The molecule has 0 atom stereocenters. The summed E-state index contributed by atoms with van der Waals surface area (Å²) in [5.74, 6) is 2.12. The van der Waals surface area contributed by atoms with Crippen LogP contribution in [0.5, 0.6) is 0 Å². The van der Waals surface area contributed by atoms with E-state index in [4.69, 9.17) is 5.11 Å². The summed E-state index contributed by atoms with van der Waals surface area (Å²) < 4.78 is 0. The van der Waals surface area contributed by atoms with Crippen LogP contribution in [0.15, 0.2) is 0 Å². The number of hydrogen-bond donors (Lipinski definition) is 2. The van der Waals surface area contributed by atoms with Crippen LogP contribution in [0.3, 0.4) is 0 Å². The molecule has 114 valence electrons. The Kier molecular flexibility index (Phi) is 15.7. The molecule has 0 aromatic heterocycles. The Labute approximate surface area is 122 Å². The maximum absolute atomic E-state index is 11.2. The van der Waals surface area contributed by atoms with Crippen LogP contribution in [0.2, 0.25) is 0 Å². The van der Waals surface area contributed by atoms with Gasteiger partial charge in [0.25, 0.3) is 0 Å². The fraction of sp³-hybridized carbons (Fsp3) is 0.933. The summed E-state index contributed by atoms with van der Waals surface area (Å²) in [7, 11) is 0. The highest BCUT2D eigenvalue weighted by molar-refractivity contribution is 7.99. The minimum absolute atomic E-state index is 0.0249. The summed E-state index contributed by atoms with van der Waals surface area (Å²) in [6.45, 7) is 2.65. The van der Waals surface area contributed by atoms with Crippen molar-refractivity contribution >= 4 is 17.7 Å². The highest BCUT2D eigenvalue weighted by atomic mass is 32.2. The van der Waals surface area contributed by atoms with Crippen LogP contribution in [-0.2, 0) is 4.79 Å². The third-order valence-corrected chi connectivity index (χ3v) is 4.12. The number of thioether (sulfide) groups is 1. The molecule has 0 aromatic rings. The van der Waals surface area contributed by atoms with Crippen molar-refractivity contribution in [3.05, 3.63) is 0 Å². The quantitative estimate of drug-likeness (QED) is 0.482. The maximum Gasteiger partial charge on any atom is 0.220 e. The molecule has 19 heavy (non-hydrogen) atoms. The van der Waals surface area contributed by atoms with Crippen molar-refractivity contribution in [2.24, 2.45) is 0 Å². The van der Waals surface area contributed by atoms with E-state index in [0.717, 1.165) is 5.75 Å². The van der Waals surface area contributed by atoms with E-state index in [-0.39, 0.29) is 12.5 Å². The first-order valence-corrected chi connectivity index (χ1v) is 8.92. The molecule has 0 heterocycles. The average molecular weight is 289 g/mol. The van der Waals surface area contributed by atoms with Crippen LogP contribution in [-0.4, -0.2) is 35.7 Å². The van der Waals surface area contributed by atoms with Gasteiger partial charge >= 0.3 is 0 Å². The van der Waals surface area contributed by atoms with Gasteiger partial charge in [0, 0.05) is 18.7 Å². The van der Waals surface area contributed by atoms with Gasteiger partial charge in [-0.05, 0) is 12.2 Å². The highest BCUT2D eigenvalue weighted by Crippen LogP contribution is 2.11. The zero-order chi connectivity index (χ0) is 14.2. The second kappa shape index (κ2) is 15.8. The van der Waals surface area contributed by atoms with Crippen LogP contribution < -0.4 is 5.32 Å². The van der Waals surface area contributed by atoms with E-state index in [1.54, 1.807) is 0 Å². The average Bonchev–Trinajstić information content (AvgIpc) is 2.42. The summed E-state index contributed by atoms with van der Waals surface area (Å²) in [6.07, 6.45) is 11.4. The van der Waals surface area contributed by atoms with E-state index in [2.05, 4.69) is 12.2 Å². The van der Waals surface area contributed by atoms with Crippen molar-refractivity contribution in [2.75, 3.05) is 24.7 Å². The highest BCUT2D eigenvalue weighted by Gasteiger charge is 1.99. The van der Waals surface area contributed by atoms with Gasteiger partial charge < -0.3 is 10.4 Å². The monoisotopic (exact) mass is 289 g/mol. The van der Waals surface area contributed by atoms with Crippen molar-refractivity contribution in [3.63, 3.8) is 0 Å². The topological polar surface area (TPSA) is 49.3 Å². The van der Waals surface area contributed by atoms with Crippen molar-refractivity contribution < 1.29 is 9.90 Å². The lowest BCUT2D eigenvalue weighted by Gasteiger charge is -2.04.